The smallest absolute Gasteiger partial charge is 0.236 e. The third kappa shape index (κ3) is 5.15. The fourth-order valence-electron chi connectivity index (χ4n) is 7.06. The molecule has 5 nitrogen and oxygen atoms in total. The van der Waals surface area contributed by atoms with Crippen molar-refractivity contribution < 1.29 is 6.85 Å². The van der Waals surface area contributed by atoms with E-state index in [0.717, 1.165) is 54.9 Å². The predicted molar refractivity (Wildman–Crippen MR) is 214 cm³/mol. The Hall–Kier alpha value is -6.85. The number of para-hydroxylation sites is 3. The molecule has 1 N–H and O–H groups in total. The van der Waals surface area contributed by atoms with Crippen LogP contribution in [0, 0.1) is 5.41 Å². The van der Waals surface area contributed by atoms with Crippen LogP contribution in [0.25, 0.3) is 60.4 Å². The van der Waals surface area contributed by atoms with Crippen molar-refractivity contribution in [3.8, 4) is 16.8 Å². The number of aromatic nitrogens is 2. The van der Waals surface area contributed by atoms with Crippen molar-refractivity contribution in [2.45, 2.75) is 6.92 Å². The summed E-state index contributed by atoms with van der Waals surface area (Å²) in [7, 11) is 0. The first kappa shape index (κ1) is 25.2. The van der Waals surface area contributed by atoms with Crippen LogP contribution < -0.4 is 0 Å². The Labute approximate surface area is 302 Å². The number of benzene rings is 7. The van der Waals surface area contributed by atoms with Gasteiger partial charge in [0, 0.05) is 38.5 Å². The van der Waals surface area contributed by atoms with Gasteiger partial charge in [0.15, 0.2) is 5.84 Å². The summed E-state index contributed by atoms with van der Waals surface area (Å²) in [4.78, 5) is 10.1. The monoisotopic (exact) mass is 660 g/mol. The van der Waals surface area contributed by atoms with Crippen LogP contribution in [0.15, 0.2) is 186 Å². The average Bonchev–Trinajstić information content (AvgIpc) is 3.75. The van der Waals surface area contributed by atoms with Crippen molar-refractivity contribution in [1.29, 1.82) is 5.41 Å². The highest BCUT2D eigenvalue weighted by Gasteiger charge is 2.22. The predicted octanol–water partition coefficient (Wildman–Crippen LogP) is 11.3. The van der Waals surface area contributed by atoms with Crippen LogP contribution in [0.5, 0.6) is 0 Å². The third-order valence-corrected chi connectivity index (χ3v) is 9.31. The van der Waals surface area contributed by atoms with E-state index in [1.165, 1.54) is 0 Å². The summed E-state index contributed by atoms with van der Waals surface area (Å²) in [5.74, 6) is 0.0595. The van der Waals surface area contributed by atoms with Gasteiger partial charge in [-0.2, -0.15) is 4.99 Å². The largest absolute Gasteiger partial charge is 0.309 e. The summed E-state index contributed by atoms with van der Waals surface area (Å²) < 4.78 is 46.5. The van der Waals surface area contributed by atoms with E-state index in [0.29, 0.717) is 16.8 Å². The fourth-order valence-corrected chi connectivity index (χ4v) is 7.06. The molecule has 0 aliphatic carbocycles. The highest BCUT2D eigenvalue weighted by atomic mass is 15.2. The molecule has 51 heavy (non-hydrogen) atoms. The number of rotatable bonds is 4. The second-order valence-corrected chi connectivity index (χ2v) is 12.3. The van der Waals surface area contributed by atoms with Crippen molar-refractivity contribution in [2.75, 3.05) is 0 Å². The SMILES string of the molecule is [2H]c1c([2H])c([2H])c(-c2ccccc2C(=N)N=C(N=C(C)c2ccccc2)n2c3ccccc3c3c4c5ccccc5n(-c5ccccc5)c4ccc32)c([2H])c1[2H]. The molecular weight excluding hydrogens is 623 g/mol. The van der Waals surface area contributed by atoms with Crippen molar-refractivity contribution in [3.05, 3.63) is 187 Å². The molecule has 2 heterocycles. The van der Waals surface area contributed by atoms with E-state index in [1.807, 2.05) is 78.2 Å². The normalized spacial score (nSPS) is 13.7. The molecule has 0 aliphatic heterocycles. The van der Waals surface area contributed by atoms with Crippen molar-refractivity contribution in [1.82, 2.24) is 9.13 Å². The zero-order valence-corrected chi connectivity index (χ0v) is 27.6. The van der Waals surface area contributed by atoms with Crippen LogP contribution in [0.2, 0.25) is 0 Å². The molecule has 242 valence electrons. The molecule has 0 unspecified atom stereocenters. The van der Waals surface area contributed by atoms with Crippen LogP contribution in [-0.2, 0) is 0 Å². The lowest BCUT2D eigenvalue weighted by atomic mass is 9.99. The second kappa shape index (κ2) is 12.6. The lowest BCUT2D eigenvalue weighted by Crippen LogP contribution is -2.15. The van der Waals surface area contributed by atoms with Gasteiger partial charge in [0.2, 0.25) is 5.96 Å². The molecule has 0 spiro atoms. The summed E-state index contributed by atoms with van der Waals surface area (Å²) in [6.07, 6.45) is 0. The highest BCUT2D eigenvalue weighted by molar-refractivity contribution is 6.30. The van der Waals surface area contributed by atoms with Gasteiger partial charge in [0.1, 0.15) is 0 Å². The Kier molecular flexibility index (Phi) is 6.19. The first-order chi connectivity index (χ1) is 27.2. The van der Waals surface area contributed by atoms with Gasteiger partial charge in [-0.15, -0.1) is 0 Å². The van der Waals surface area contributed by atoms with Gasteiger partial charge in [-0.1, -0.05) is 139 Å². The minimum Gasteiger partial charge on any atom is -0.309 e. The lowest BCUT2D eigenvalue weighted by molar-refractivity contribution is 1.18. The molecule has 7 aromatic carbocycles. The molecule has 0 amide bonds. The van der Waals surface area contributed by atoms with E-state index in [4.69, 9.17) is 16.8 Å². The number of aliphatic imine (C=N–C) groups is 2. The van der Waals surface area contributed by atoms with Gasteiger partial charge in [0.25, 0.3) is 0 Å². The Morgan fingerprint density at radius 2 is 1.16 bits per heavy atom. The van der Waals surface area contributed by atoms with Crippen molar-refractivity contribution in [2.24, 2.45) is 9.98 Å². The maximum absolute atomic E-state index is 9.52. The summed E-state index contributed by atoms with van der Waals surface area (Å²) in [6.45, 7) is 1.91. The zero-order valence-electron chi connectivity index (χ0n) is 32.6. The first-order valence-corrected chi connectivity index (χ1v) is 16.7. The topological polar surface area (TPSA) is 58.4 Å². The molecule has 0 fully saturated rings. The fraction of sp³-hybridized carbons (Fsp3) is 0.0217. The molecule has 9 rings (SSSR count). The van der Waals surface area contributed by atoms with Gasteiger partial charge in [0.05, 0.1) is 28.9 Å². The quantitative estimate of drug-likeness (QED) is 0.144. The Morgan fingerprint density at radius 3 is 1.92 bits per heavy atom. The van der Waals surface area contributed by atoms with Crippen LogP contribution in [0.1, 0.15) is 24.9 Å². The number of nitrogens with zero attached hydrogens (tertiary/aromatic N) is 4. The molecule has 0 bridgehead atoms. The minimum atomic E-state index is -0.477. The molecule has 5 heteroatoms. The van der Waals surface area contributed by atoms with E-state index in [9.17, 15) is 5.41 Å². The Bertz CT molecular complexity index is 3080. The number of hydrogen-bond acceptors (Lipinski definition) is 1. The maximum Gasteiger partial charge on any atom is 0.236 e. The van der Waals surface area contributed by atoms with Crippen LogP contribution in [-0.4, -0.2) is 26.6 Å². The Morgan fingerprint density at radius 1 is 0.569 bits per heavy atom. The van der Waals surface area contributed by atoms with Crippen LogP contribution >= 0.6 is 0 Å². The summed E-state index contributed by atoms with van der Waals surface area (Å²) in [5.41, 5.74) is 7.07. The number of nitrogens with one attached hydrogen (secondary N) is 1. The first-order valence-electron chi connectivity index (χ1n) is 19.2. The standard InChI is InChI=1S/C46H33N5/c1-31(32-17-5-2-6-18-32)48-46(49-45(47)36-24-12-11-23-35(36)33-19-7-3-8-20-33)51-40-28-16-14-26-38(40)44-42(51)30-29-41-43(44)37-25-13-15-27-39(37)50(41)34-21-9-4-10-22-34/h2-30,47H,1H3/i3D,7D,8D,19D,20D. The minimum absolute atomic E-state index is 0.00568. The van der Waals surface area contributed by atoms with E-state index in [-0.39, 0.29) is 29.4 Å². The van der Waals surface area contributed by atoms with Crippen LogP contribution in [0.3, 0.4) is 0 Å². The molecule has 0 saturated carbocycles. The van der Waals surface area contributed by atoms with Gasteiger partial charge in [-0.25, -0.2) is 4.99 Å². The second-order valence-electron chi connectivity index (χ2n) is 12.3. The highest BCUT2D eigenvalue weighted by Crippen LogP contribution is 2.41. The van der Waals surface area contributed by atoms with E-state index < -0.39 is 18.1 Å². The third-order valence-electron chi connectivity index (χ3n) is 9.31. The van der Waals surface area contributed by atoms with E-state index >= 15 is 0 Å². The summed E-state index contributed by atoms with van der Waals surface area (Å²) in [5, 5.41) is 13.7. The molecule has 0 atom stereocenters. The van der Waals surface area contributed by atoms with Crippen LogP contribution in [0.4, 0.5) is 0 Å². The maximum atomic E-state index is 9.52. The van der Waals surface area contributed by atoms with Crippen molar-refractivity contribution in [3.63, 3.8) is 0 Å². The van der Waals surface area contributed by atoms with E-state index in [2.05, 4.69) is 59.2 Å². The number of amidine groups is 1. The van der Waals surface area contributed by atoms with Gasteiger partial charge >= 0.3 is 0 Å². The van der Waals surface area contributed by atoms with Gasteiger partial charge in [-0.3, -0.25) is 9.98 Å². The molecule has 0 saturated heterocycles. The molecule has 2 aromatic heterocycles. The lowest BCUT2D eigenvalue weighted by Gasteiger charge is -2.12. The van der Waals surface area contributed by atoms with Crippen molar-refractivity contribution >= 4 is 61.1 Å². The number of hydrogen-bond donors (Lipinski definition) is 1. The molecule has 0 aliphatic rings. The molecule has 9 aromatic rings. The van der Waals surface area contributed by atoms with E-state index in [1.54, 1.807) is 24.3 Å². The summed E-state index contributed by atoms with van der Waals surface area (Å²) in [6, 6.07) is 45.6. The molecule has 0 radical (unpaired) electrons. The van der Waals surface area contributed by atoms with Gasteiger partial charge in [-0.05, 0) is 60.0 Å². The Balaban J connectivity index is 1.34. The number of fused-ring (bicyclic) bond motifs is 7. The molecular formula is C46H33N5. The zero-order chi connectivity index (χ0) is 38.7. The average molecular weight is 661 g/mol. The summed E-state index contributed by atoms with van der Waals surface area (Å²) >= 11 is 0. The van der Waals surface area contributed by atoms with Gasteiger partial charge < -0.3 is 4.57 Å².